The van der Waals surface area contributed by atoms with Gasteiger partial charge in [0.25, 0.3) is 0 Å². The van der Waals surface area contributed by atoms with Crippen molar-refractivity contribution in [2.24, 2.45) is 0 Å². The molecule has 92 valence electrons. The molecule has 5 heteroatoms. The molecule has 0 saturated heterocycles. The predicted octanol–water partition coefficient (Wildman–Crippen LogP) is 1.18. The van der Waals surface area contributed by atoms with Crippen molar-refractivity contribution in [1.29, 1.82) is 0 Å². The third kappa shape index (κ3) is 4.89. The van der Waals surface area contributed by atoms with Gasteiger partial charge in [-0.15, -0.1) is 0 Å². The number of hydrogen-bond acceptors (Lipinski definition) is 3. The summed E-state index contributed by atoms with van der Waals surface area (Å²) in [5.41, 5.74) is 1.26. The van der Waals surface area contributed by atoms with Gasteiger partial charge in [0.05, 0.1) is 5.75 Å². The minimum Gasteiger partial charge on any atom is -0.384 e. The SMILES string of the molecule is CCCS(=O)(=O)Nc1ccc(C#CCO)cc1. The number of benzene rings is 1. The van der Waals surface area contributed by atoms with Crippen LogP contribution in [0.3, 0.4) is 0 Å². The second kappa shape index (κ2) is 6.28. The van der Waals surface area contributed by atoms with E-state index < -0.39 is 10.0 Å². The summed E-state index contributed by atoms with van der Waals surface area (Å²) in [6.07, 6.45) is 0.579. The number of aliphatic hydroxyl groups is 1. The van der Waals surface area contributed by atoms with Crippen LogP contribution in [0.15, 0.2) is 24.3 Å². The quantitative estimate of drug-likeness (QED) is 0.792. The van der Waals surface area contributed by atoms with E-state index >= 15 is 0 Å². The Morgan fingerprint density at radius 3 is 2.47 bits per heavy atom. The summed E-state index contributed by atoms with van der Waals surface area (Å²) in [6, 6.07) is 6.70. The van der Waals surface area contributed by atoms with Crippen molar-refractivity contribution < 1.29 is 13.5 Å². The summed E-state index contributed by atoms with van der Waals surface area (Å²) >= 11 is 0. The van der Waals surface area contributed by atoms with Gasteiger partial charge in [0.15, 0.2) is 0 Å². The van der Waals surface area contributed by atoms with E-state index in [0.29, 0.717) is 12.1 Å². The lowest BCUT2D eigenvalue weighted by molar-refractivity contribution is 0.350. The molecule has 0 saturated carbocycles. The average Bonchev–Trinajstić information content (AvgIpc) is 2.27. The topological polar surface area (TPSA) is 66.4 Å². The molecular formula is C12H15NO3S. The van der Waals surface area contributed by atoms with Crippen LogP contribution >= 0.6 is 0 Å². The molecule has 1 rings (SSSR count). The van der Waals surface area contributed by atoms with Gasteiger partial charge in [-0.25, -0.2) is 8.42 Å². The summed E-state index contributed by atoms with van der Waals surface area (Å²) < 4.78 is 25.4. The van der Waals surface area contributed by atoms with Crippen molar-refractivity contribution in [1.82, 2.24) is 0 Å². The summed E-state index contributed by atoms with van der Waals surface area (Å²) in [5, 5.41) is 8.53. The molecule has 0 spiro atoms. The van der Waals surface area contributed by atoms with Gasteiger partial charge in [0, 0.05) is 11.3 Å². The first-order valence-corrected chi connectivity index (χ1v) is 6.93. The number of rotatable bonds is 4. The normalized spacial score (nSPS) is 10.5. The molecule has 1 aromatic carbocycles. The van der Waals surface area contributed by atoms with Crippen LogP contribution in [0.1, 0.15) is 18.9 Å². The van der Waals surface area contributed by atoms with Gasteiger partial charge < -0.3 is 5.11 Å². The van der Waals surface area contributed by atoms with Gasteiger partial charge in [0.2, 0.25) is 10.0 Å². The van der Waals surface area contributed by atoms with E-state index in [-0.39, 0.29) is 12.4 Å². The zero-order valence-electron chi connectivity index (χ0n) is 9.60. The van der Waals surface area contributed by atoms with Gasteiger partial charge in [-0.3, -0.25) is 4.72 Å². The van der Waals surface area contributed by atoms with E-state index in [2.05, 4.69) is 16.6 Å². The summed E-state index contributed by atoms with van der Waals surface area (Å²) in [7, 11) is -3.24. The molecule has 0 atom stereocenters. The molecule has 0 radical (unpaired) electrons. The highest BCUT2D eigenvalue weighted by molar-refractivity contribution is 7.92. The Labute approximate surface area is 102 Å². The smallest absolute Gasteiger partial charge is 0.232 e. The first-order chi connectivity index (χ1) is 8.07. The molecule has 4 nitrogen and oxygen atoms in total. The maximum atomic E-state index is 11.5. The van der Waals surface area contributed by atoms with Gasteiger partial charge in [0.1, 0.15) is 6.61 Å². The number of nitrogens with one attached hydrogen (secondary N) is 1. The van der Waals surface area contributed by atoms with Crippen LogP contribution in [-0.4, -0.2) is 25.9 Å². The van der Waals surface area contributed by atoms with E-state index in [0.717, 1.165) is 5.56 Å². The Hall–Kier alpha value is -1.51. The minimum atomic E-state index is -3.24. The van der Waals surface area contributed by atoms with Crippen molar-refractivity contribution in [3.8, 4) is 11.8 Å². The third-order valence-corrected chi connectivity index (χ3v) is 3.44. The number of aliphatic hydroxyl groups excluding tert-OH is 1. The molecule has 0 heterocycles. The van der Waals surface area contributed by atoms with Crippen molar-refractivity contribution >= 4 is 15.7 Å². The Morgan fingerprint density at radius 2 is 1.94 bits per heavy atom. The molecule has 0 bridgehead atoms. The summed E-state index contributed by atoms with van der Waals surface area (Å²) in [4.78, 5) is 0. The molecular weight excluding hydrogens is 238 g/mol. The van der Waals surface area contributed by atoms with Crippen molar-refractivity contribution in [2.75, 3.05) is 17.1 Å². The first-order valence-electron chi connectivity index (χ1n) is 5.27. The van der Waals surface area contributed by atoms with E-state index in [1.54, 1.807) is 24.3 Å². The summed E-state index contributed by atoms with van der Waals surface area (Å²) in [5.74, 6) is 5.36. The van der Waals surface area contributed by atoms with Crippen LogP contribution < -0.4 is 4.72 Å². The molecule has 0 aliphatic rings. The largest absolute Gasteiger partial charge is 0.384 e. The lowest BCUT2D eigenvalue weighted by atomic mass is 10.2. The molecule has 0 amide bonds. The van der Waals surface area contributed by atoms with Crippen LogP contribution in [0.2, 0.25) is 0 Å². The maximum absolute atomic E-state index is 11.5. The lowest BCUT2D eigenvalue weighted by Crippen LogP contribution is -2.15. The van der Waals surface area contributed by atoms with Crippen molar-refractivity contribution in [3.05, 3.63) is 29.8 Å². The minimum absolute atomic E-state index is 0.110. The lowest BCUT2D eigenvalue weighted by Gasteiger charge is -2.06. The Bertz CT molecular complexity index is 509. The first kappa shape index (κ1) is 13.6. The maximum Gasteiger partial charge on any atom is 0.232 e. The van der Waals surface area contributed by atoms with Gasteiger partial charge in [-0.1, -0.05) is 18.8 Å². The Kier molecular flexibility index (Phi) is 5.01. The molecule has 17 heavy (non-hydrogen) atoms. The Morgan fingerprint density at radius 1 is 1.29 bits per heavy atom. The molecule has 0 aromatic heterocycles. The van der Waals surface area contributed by atoms with Gasteiger partial charge in [-0.2, -0.15) is 0 Å². The van der Waals surface area contributed by atoms with Crippen LogP contribution in [-0.2, 0) is 10.0 Å². The standard InChI is InChI=1S/C12H15NO3S/c1-2-10-17(15,16)13-12-7-5-11(6-8-12)4-3-9-14/h5-8,13-14H,2,9-10H2,1H3. The molecule has 0 unspecified atom stereocenters. The zero-order chi connectivity index (χ0) is 12.7. The summed E-state index contributed by atoms with van der Waals surface area (Å²) in [6.45, 7) is 1.62. The third-order valence-electron chi connectivity index (χ3n) is 1.94. The van der Waals surface area contributed by atoms with Gasteiger partial charge >= 0.3 is 0 Å². The number of sulfonamides is 1. The van der Waals surface area contributed by atoms with Crippen LogP contribution in [0.5, 0.6) is 0 Å². The van der Waals surface area contributed by atoms with E-state index in [4.69, 9.17) is 5.11 Å². The highest BCUT2D eigenvalue weighted by atomic mass is 32.2. The van der Waals surface area contributed by atoms with Crippen molar-refractivity contribution in [2.45, 2.75) is 13.3 Å². The van der Waals surface area contributed by atoms with Crippen LogP contribution in [0, 0.1) is 11.8 Å². The fourth-order valence-corrected chi connectivity index (χ4v) is 2.40. The van der Waals surface area contributed by atoms with Crippen LogP contribution in [0.4, 0.5) is 5.69 Å². The number of anilines is 1. The van der Waals surface area contributed by atoms with E-state index in [9.17, 15) is 8.42 Å². The fourth-order valence-electron chi connectivity index (χ4n) is 1.26. The molecule has 1 aromatic rings. The Balaban J connectivity index is 2.75. The second-order valence-electron chi connectivity index (χ2n) is 3.46. The number of hydrogen-bond donors (Lipinski definition) is 2. The molecule has 0 aliphatic carbocycles. The van der Waals surface area contributed by atoms with Crippen LogP contribution in [0.25, 0.3) is 0 Å². The zero-order valence-corrected chi connectivity index (χ0v) is 10.4. The predicted molar refractivity (Wildman–Crippen MR) is 68.1 cm³/mol. The fraction of sp³-hybridized carbons (Fsp3) is 0.333. The highest BCUT2D eigenvalue weighted by Gasteiger charge is 2.07. The molecule has 0 fully saturated rings. The highest BCUT2D eigenvalue weighted by Crippen LogP contribution is 2.11. The second-order valence-corrected chi connectivity index (χ2v) is 5.30. The van der Waals surface area contributed by atoms with Gasteiger partial charge in [-0.05, 0) is 30.7 Å². The average molecular weight is 253 g/mol. The monoisotopic (exact) mass is 253 g/mol. The van der Waals surface area contributed by atoms with Crippen molar-refractivity contribution in [3.63, 3.8) is 0 Å². The molecule has 2 N–H and O–H groups in total. The van der Waals surface area contributed by atoms with E-state index in [1.165, 1.54) is 0 Å². The molecule has 0 aliphatic heterocycles. The van der Waals surface area contributed by atoms with E-state index in [1.807, 2.05) is 6.92 Å².